The molecule has 3 aromatic rings. The molecule has 0 aliphatic carbocycles. The van der Waals surface area contributed by atoms with Crippen molar-refractivity contribution in [3.63, 3.8) is 0 Å². The number of carbonyl (C=O) groups excluding carboxylic acids is 1. The van der Waals surface area contributed by atoms with Crippen LogP contribution in [0, 0.1) is 0 Å². The van der Waals surface area contributed by atoms with E-state index in [0.717, 1.165) is 0 Å². The number of halogens is 4. The Labute approximate surface area is 221 Å². The molecule has 1 N–H and O–H groups in total. The van der Waals surface area contributed by atoms with Crippen molar-refractivity contribution in [2.45, 2.75) is 43.8 Å². The molecule has 196 valence electrons. The maximum absolute atomic E-state index is 14.5. The molecule has 0 aliphatic heterocycles. The Bertz CT molecular complexity index is 1220. The smallest absolute Gasteiger partial charge is 0.407 e. The molecule has 0 radical (unpaired) electrons. The van der Waals surface area contributed by atoms with E-state index in [4.69, 9.17) is 16.3 Å². The summed E-state index contributed by atoms with van der Waals surface area (Å²) in [6.07, 6.45) is -5.01. The van der Waals surface area contributed by atoms with E-state index in [1.165, 1.54) is 39.0 Å². The fraction of sp³-hybridized carbons (Fsp3) is 0.259. The zero-order chi connectivity index (χ0) is 27.2. The minimum Gasteiger partial charge on any atom is -0.423 e. The van der Waals surface area contributed by atoms with E-state index in [1.807, 2.05) is 0 Å². The molecule has 3 aromatic carbocycles. The molecule has 0 bridgehead atoms. The standard InChI is InChI=1S/C27H26ClF3N2O3S/c1-26(2,3)37(35)33-24(27(29,30)31)23(25(34)36-21-17-11-10-16-20(21)28)32-22(18-12-6-4-7-13-18)19-14-8-5-9-15-19/h4-17,23-24,33H,1-3H3/t23-,24-,37?/m0/s1. The highest BCUT2D eigenvalue weighted by atomic mass is 35.5. The van der Waals surface area contributed by atoms with Crippen molar-refractivity contribution in [2.24, 2.45) is 4.99 Å². The van der Waals surface area contributed by atoms with Crippen LogP contribution in [0.3, 0.4) is 0 Å². The number of carbonyl (C=O) groups is 1. The normalized spacial score (nSPS) is 14.4. The highest BCUT2D eigenvalue weighted by Crippen LogP contribution is 2.30. The number of rotatable bonds is 8. The summed E-state index contributed by atoms with van der Waals surface area (Å²) in [6, 6.07) is 18.2. The number of benzene rings is 3. The average Bonchev–Trinajstić information content (AvgIpc) is 2.84. The van der Waals surface area contributed by atoms with Crippen LogP contribution in [-0.4, -0.2) is 38.9 Å². The molecule has 3 rings (SSSR count). The summed E-state index contributed by atoms with van der Waals surface area (Å²) in [7, 11) is -2.18. The van der Waals surface area contributed by atoms with Gasteiger partial charge in [0.1, 0.15) is 11.8 Å². The van der Waals surface area contributed by atoms with Gasteiger partial charge in [0.2, 0.25) is 0 Å². The number of para-hydroxylation sites is 1. The Balaban J connectivity index is 2.20. The fourth-order valence-corrected chi connectivity index (χ4v) is 4.23. The van der Waals surface area contributed by atoms with Crippen molar-refractivity contribution in [3.05, 3.63) is 101 Å². The molecule has 1 unspecified atom stereocenters. The van der Waals surface area contributed by atoms with E-state index in [2.05, 4.69) is 9.71 Å². The van der Waals surface area contributed by atoms with Crippen molar-refractivity contribution < 1.29 is 26.9 Å². The number of esters is 1. The molecule has 0 spiro atoms. The molecule has 0 aliphatic rings. The van der Waals surface area contributed by atoms with Crippen molar-refractivity contribution in [1.82, 2.24) is 4.72 Å². The van der Waals surface area contributed by atoms with Crippen LogP contribution in [0.25, 0.3) is 0 Å². The Morgan fingerprint density at radius 2 is 1.38 bits per heavy atom. The molecule has 10 heteroatoms. The molecular weight excluding hydrogens is 525 g/mol. The zero-order valence-corrected chi connectivity index (χ0v) is 21.9. The summed E-state index contributed by atoms with van der Waals surface area (Å²) in [4.78, 5) is 17.7. The van der Waals surface area contributed by atoms with Crippen molar-refractivity contribution in [1.29, 1.82) is 0 Å². The first-order valence-electron chi connectivity index (χ1n) is 11.3. The van der Waals surface area contributed by atoms with Crippen LogP contribution in [0.4, 0.5) is 13.2 Å². The van der Waals surface area contributed by atoms with E-state index in [1.54, 1.807) is 66.7 Å². The largest absolute Gasteiger partial charge is 0.423 e. The maximum atomic E-state index is 14.5. The number of hydrogen-bond donors (Lipinski definition) is 1. The zero-order valence-electron chi connectivity index (χ0n) is 20.3. The third-order valence-corrected chi connectivity index (χ3v) is 7.00. The molecule has 37 heavy (non-hydrogen) atoms. The van der Waals surface area contributed by atoms with Crippen molar-refractivity contribution in [3.8, 4) is 5.75 Å². The Kier molecular flexibility index (Phi) is 9.28. The first kappa shape index (κ1) is 28.6. The molecule has 0 saturated carbocycles. The van der Waals surface area contributed by atoms with Gasteiger partial charge in [0.05, 0.1) is 26.5 Å². The van der Waals surface area contributed by atoms with Gasteiger partial charge in [0.25, 0.3) is 0 Å². The van der Waals surface area contributed by atoms with Gasteiger partial charge in [-0.25, -0.2) is 13.7 Å². The minimum absolute atomic E-state index is 0.0414. The molecule has 0 fully saturated rings. The monoisotopic (exact) mass is 550 g/mol. The van der Waals surface area contributed by atoms with Gasteiger partial charge in [-0.05, 0) is 32.9 Å². The quantitative estimate of drug-likeness (QED) is 0.208. The lowest BCUT2D eigenvalue weighted by molar-refractivity contribution is -0.165. The lowest BCUT2D eigenvalue weighted by Crippen LogP contribution is -2.56. The second-order valence-electron chi connectivity index (χ2n) is 9.02. The molecule has 0 heterocycles. The van der Waals surface area contributed by atoms with Crippen LogP contribution in [0.5, 0.6) is 5.75 Å². The number of hydrogen-bond acceptors (Lipinski definition) is 4. The Morgan fingerprint density at radius 3 is 1.84 bits per heavy atom. The summed E-state index contributed by atoms with van der Waals surface area (Å²) in [5.74, 6) is -1.42. The molecule has 0 aromatic heterocycles. The van der Waals surface area contributed by atoms with Gasteiger partial charge in [-0.2, -0.15) is 13.2 Å². The van der Waals surface area contributed by atoms with Crippen LogP contribution >= 0.6 is 11.6 Å². The second kappa shape index (κ2) is 12.0. The summed E-state index contributed by atoms with van der Waals surface area (Å²) in [5, 5.41) is 0.0414. The van der Waals surface area contributed by atoms with Gasteiger partial charge in [0.15, 0.2) is 6.04 Å². The Hall–Kier alpha value is -3.01. The van der Waals surface area contributed by atoms with Crippen molar-refractivity contribution >= 4 is 34.3 Å². The summed E-state index contributed by atoms with van der Waals surface area (Å²) in [6.45, 7) is 4.55. The maximum Gasteiger partial charge on any atom is 0.407 e. The lowest BCUT2D eigenvalue weighted by atomic mass is 10.0. The topological polar surface area (TPSA) is 67.8 Å². The summed E-state index contributed by atoms with van der Waals surface area (Å²) < 4.78 is 62.5. The number of nitrogens with zero attached hydrogens (tertiary/aromatic N) is 1. The number of aliphatic imine (C=N–C) groups is 1. The number of nitrogens with one attached hydrogen (secondary N) is 1. The number of alkyl halides is 3. The minimum atomic E-state index is -5.01. The fourth-order valence-electron chi connectivity index (χ4n) is 3.21. The average molecular weight is 551 g/mol. The lowest BCUT2D eigenvalue weighted by Gasteiger charge is -2.29. The van der Waals surface area contributed by atoms with Gasteiger partial charge < -0.3 is 4.74 Å². The predicted molar refractivity (Wildman–Crippen MR) is 140 cm³/mol. The van der Waals surface area contributed by atoms with E-state index in [0.29, 0.717) is 11.1 Å². The van der Waals surface area contributed by atoms with Crippen LogP contribution in [0.15, 0.2) is 89.9 Å². The molecule has 0 saturated heterocycles. The van der Waals surface area contributed by atoms with Gasteiger partial charge in [-0.3, -0.25) is 4.99 Å². The Morgan fingerprint density at radius 1 is 0.892 bits per heavy atom. The van der Waals surface area contributed by atoms with Crippen LogP contribution in [-0.2, 0) is 15.8 Å². The molecule has 0 amide bonds. The first-order valence-corrected chi connectivity index (χ1v) is 12.8. The summed E-state index contributed by atoms with van der Waals surface area (Å²) >= 11 is 6.08. The van der Waals surface area contributed by atoms with Gasteiger partial charge in [0, 0.05) is 11.1 Å². The first-order chi connectivity index (χ1) is 17.4. The van der Waals surface area contributed by atoms with Crippen LogP contribution in [0.2, 0.25) is 5.02 Å². The van der Waals surface area contributed by atoms with E-state index in [9.17, 15) is 22.2 Å². The third-order valence-electron chi connectivity index (χ3n) is 5.11. The predicted octanol–water partition coefficient (Wildman–Crippen LogP) is 6.13. The van der Waals surface area contributed by atoms with Gasteiger partial charge in [-0.15, -0.1) is 0 Å². The van der Waals surface area contributed by atoms with E-state index in [-0.39, 0.29) is 16.5 Å². The van der Waals surface area contributed by atoms with E-state index < -0.39 is 40.0 Å². The SMILES string of the molecule is CC(C)(C)S(=O)N[C@@H]([C@H](N=C(c1ccccc1)c1ccccc1)C(=O)Oc1ccccc1Cl)C(F)(F)F. The van der Waals surface area contributed by atoms with E-state index >= 15 is 0 Å². The van der Waals surface area contributed by atoms with Gasteiger partial charge in [-0.1, -0.05) is 84.4 Å². The number of ether oxygens (including phenoxy) is 1. The molecular formula is C27H26ClF3N2O3S. The van der Waals surface area contributed by atoms with Gasteiger partial charge >= 0.3 is 12.1 Å². The van der Waals surface area contributed by atoms with Crippen LogP contribution in [0.1, 0.15) is 31.9 Å². The third kappa shape index (κ3) is 7.74. The molecule has 3 atom stereocenters. The molecule has 5 nitrogen and oxygen atoms in total. The second-order valence-corrected chi connectivity index (χ2v) is 11.4. The van der Waals surface area contributed by atoms with Crippen molar-refractivity contribution in [2.75, 3.05) is 0 Å². The highest BCUT2D eigenvalue weighted by molar-refractivity contribution is 7.84. The van der Waals surface area contributed by atoms with Crippen LogP contribution < -0.4 is 9.46 Å². The summed E-state index contributed by atoms with van der Waals surface area (Å²) in [5.41, 5.74) is 1.11. The highest BCUT2D eigenvalue weighted by Gasteiger charge is 2.50.